The lowest BCUT2D eigenvalue weighted by Crippen LogP contribution is -2.44. The van der Waals surface area contributed by atoms with Gasteiger partial charge in [0.15, 0.2) is 0 Å². The summed E-state index contributed by atoms with van der Waals surface area (Å²) in [5.41, 5.74) is 2.10. The van der Waals surface area contributed by atoms with Crippen LogP contribution in [0, 0.1) is 5.92 Å². The van der Waals surface area contributed by atoms with Gasteiger partial charge < -0.3 is 14.4 Å². The molecule has 0 atom stereocenters. The number of aromatic nitrogens is 1. The van der Waals surface area contributed by atoms with Crippen LogP contribution >= 0.6 is 11.6 Å². The second-order valence-electron chi connectivity index (χ2n) is 9.46. The average molecular weight is 488 g/mol. The molecule has 0 fully saturated rings. The van der Waals surface area contributed by atoms with E-state index in [1.54, 1.807) is 4.90 Å². The number of rotatable bonds is 15. The second kappa shape index (κ2) is 14.9. The lowest BCUT2D eigenvalue weighted by Gasteiger charge is -2.29. The zero-order valence-corrected chi connectivity index (χ0v) is 22.2. The van der Waals surface area contributed by atoms with Gasteiger partial charge in [-0.3, -0.25) is 9.59 Å². The van der Waals surface area contributed by atoms with Gasteiger partial charge in [0, 0.05) is 43.0 Å². The fourth-order valence-electron chi connectivity index (χ4n) is 4.13. The number of unbranched alkanes of at least 4 members (excludes halogenated alkanes) is 4. The largest absolute Gasteiger partial charge is 0.345 e. The number of halogens is 1. The van der Waals surface area contributed by atoms with Crippen molar-refractivity contribution in [3.8, 4) is 0 Å². The molecular formula is C28H42ClN3O2. The highest BCUT2D eigenvalue weighted by Gasteiger charge is 2.22. The van der Waals surface area contributed by atoms with Crippen molar-refractivity contribution in [3.63, 3.8) is 0 Å². The van der Waals surface area contributed by atoms with Gasteiger partial charge in [-0.15, -0.1) is 0 Å². The molecule has 0 aliphatic heterocycles. The molecule has 2 rings (SSSR count). The van der Waals surface area contributed by atoms with Crippen molar-refractivity contribution >= 4 is 23.4 Å². The van der Waals surface area contributed by atoms with Crippen molar-refractivity contribution < 1.29 is 9.59 Å². The van der Waals surface area contributed by atoms with Crippen molar-refractivity contribution in [2.75, 3.05) is 19.6 Å². The summed E-state index contributed by atoms with van der Waals surface area (Å²) in [5, 5.41) is 0.740. The van der Waals surface area contributed by atoms with E-state index in [2.05, 4.69) is 31.4 Å². The Morgan fingerprint density at radius 3 is 2.35 bits per heavy atom. The summed E-state index contributed by atoms with van der Waals surface area (Å²) >= 11 is 6.37. The molecule has 0 aliphatic carbocycles. The van der Waals surface area contributed by atoms with Gasteiger partial charge in [-0.25, -0.2) is 0 Å². The van der Waals surface area contributed by atoms with Gasteiger partial charge in [0.05, 0.1) is 13.1 Å². The number of nitrogens with zero attached hydrogens (tertiary/aromatic N) is 3. The zero-order valence-electron chi connectivity index (χ0n) is 21.4. The standard InChI is InChI=1S/C28H42ClN3O2/c1-5-7-8-9-10-17-27(33)30(6-2)22-28(34)32(19-23(3)4)21-25-15-13-18-31(25)20-24-14-11-12-16-26(24)29/h11-16,18,23H,5-10,17,19-22H2,1-4H3. The van der Waals surface area contributed by atoms with E-state index in [1.807, 2.05) is 48.4 Å². The molecular weight excluding hydrogens is 446 g/mol. The Bertz CT molecular complexity index is 893. The molecule has 0 N–H and O–H groups in total. The van der Waals surface area contributed by atoms with Gasteiger partial charge in [-0.05, 0) is 43.0 Å². The number of hydrogen-bond donors (Lipinski definition) is 0. The Kier molecular flexibility index (Phi) is 12.2. The normalized spacial score (nSPS) is 11.1. The van der Waals surface area contributed by atoms with E-state index in [1.165, 1.54) is 19.3 Å². The molecule has 1 aromatic heterocycles. The predicted octanol–water partition coefficient (Wildman–Crippen LogP) is 6.38. The van der Waals surface area contributed by atoms with Gasteiger partial charge in [-0.2, -0.15) is 0 Å². The van der Waals surface area contributed by atoms with Gasteiger partial charge >= 0.3 is 0 Å². The molecule has 0 radical (unpaired) electrons. The first-order valence-electron chi connectivity index (χ1n) is 12.8. The summed E-state index contributed by atoms with van der Waals surface area (Å²) < 4.78 is 2.14. The first-order chi connectivity index (χ1) is 16.3. The molecule has 0 unspecified atom stereocenters. The van der Waals surface area contributed by atoms with Crippen LogP contribution in [0.2, 0.25) is 5.02 Å². The summed E-state index contributed by atoms with van der Waals surface area (Å²) in [6.45, 7) is 10.9. The molecule has 2 amide bonds. The van der Waals surface area contributed by atoms with E-state index in [4.69, 9.17) is 11.6 Å². The minimum atomic E-state index is 0.000349. The van der Waals surface area contributed by atoms with E-state index in [-0.39, 0.29) is 18.4 Å². The number of carbonyl (C=O) groups excluding carboxylic acids is 2. The van der Waals surface area contributed by atoms with Crippen molar-refractivity contribution in [3.05, 3.63) is 58.9 Å². The highest BCUT2D eigenvalue weighted by molar-refractivity contribution is 6.31. The molecule has 188 valence electrons. The highest BCUT2D eigenvalue weighted by atomic mass is 35.5. The predicted molar refractivity (Wildman–Crippen MR) is 141 cm³/mol. The van der Waals surface area contributed by atoms with Crippen LogP contribution in [-0.4, -0.2) is 45.8 Å². The quantitative estimate of drug-likeness (QED) is 0.273. The smallest absolute Gasteiger partial charge is 0.242 e. The summed E-state index contributed by atoms with van der Waals surface area (Å²) in [6.07, 6.45) is 8.10. The van der Waals surface area contributed by atoms with Crippen LogP contribution in [0.15, 0.2) is 42.6 Å². The molecule has 1 aromatic carbocycles. The third-order valence-corrected chi connectivity index (χ3v) is 6.44. The van der Waals surface area contributed by atoms with E-state index >= 15 is 0 Å². The lowest BCUT2D eigenvalue weighted by molar-refractivity contribution is -0.141. The number of carbonyl (C=O) groups is 2. The van der Waals surface area contributed by atoms with Crippen LogP contribution < -0.4 is 0 Å². The molecule has 2 aromatic rings. The third kappa shape index (κ3) is 9.17. The minimum Gasteiger partial charge on any atom is -0.345 e. The Labute approximate surface area is 211 Å². The maximum atomic E-state index is 13.3. The third-order valence-electron chi connectivity index (χ3n) is 6.07. The van der Waals surface area contributed by atoms with Crippen LogP contribution in [0.5, 0.6) is 0 Å². The van der Waals surface area contributed by atoms with E-state index < -0.39 is 0 Å². The van der Waals surface area contributed by atoms with Crippen LogP contribution in [-0.2, 0) is 22.7 Å². The average Bonchev–Trinajstić information content (AvgIpc) is 3.24. The van der Waals surface area contributed by atoms with Crippen LogP contribution in [0.4, 0.5) is 0 Å². The fourth-order valence-corrected chi connectivity index (χ4v) is 4.32. The summed E-state index contributed by atoms with van der Waals surface area (Å²) in [6, 6.07) is 11.9. The summed E-state index contributed by atoms with van der Waals surface area (Å²) in [4.78, 5) is 29.6. The monoisotopic (exact) mass is 487 g/mol. The molecule has 6 heteroatoms. The van der Waals surface area contributed by atoms with Gasteiger partial charge in [0.25, 0.3) is 0 Å². The Hall–Kier alpha value is -2.27. The first-order valence-corrected chi connectivity index (χ1v) is 13.2. The molecule has 0 spiro atoms. The number of hydrogen-bond acceptors (Lipinski definition) is 2. The summed E-state index contributed by atoms with van der Waals surface area (Å²) in [7, 11) is 0. The van der Waals surface area contributed by atoms with Crippen molar-refractivity contribution in [1.29, 1.82) is 0 Å². The molecule has 5 nitrogen and oxygen atoms in total. The van der Waals surface area contributed by atoms with Gasteiger partial charge in [-0.1, -0.05) is 76.3 Å². The Morgan fingerprint density at radius 1 is 0.941 bits per heavy atom. The molecule has 0 bridgehead atoms. The lowest BCUT2D eigenvalue weighted by atomic mass is 10.1. The Balaban J connectivity index is 2.03. The molecule has 1 heterocycles. The Morgan fingerprint density at radius 2 is 1.68 bits per heavy atom. The van der Waals surface area contributed by atoms with Crippen LogP contribution in [0.25, 0.3) is 0 Å². The van der Waals surface area contributed by atoms with Gasteiger partial charge in [0.2, 0.25) is 11.8 Å². The SMILES string of the molecule is CCCCCCCC(=O)N(CC)CC(=O)N(Cc1cccn1Cc1ccccc1Cl)CC(C)C. The highest BCUT2D eigenvalue weighted by Crippen LogP contribution is 2.19. The number of benzene rings is 1. The molecule has 0 aliphatic rings. The van der Waals surface area contributed by atoms with E-state index in [9.17, 15) is 9.59 Å². The minimum absolute atomic E-state index is 0.000349. The zero-order chi connectivity index (χ0) is 24.9. The summed E-state index contributed by atoms with van der Waals surface area (Å²) in [5.74, 6) is 0.416. The number of amides is 2. The fraction of sp³-hybridized carbons (Fsp3) is 0.571. The maximum absolute atomic E-state index is 13.3. The van der Waals surface area contributed by atoms with Crippen molar-refractivity contribution in [2.24, 2.45) is 5.92 Å². The maximum Gasteiger partial charge on any atom is 0.242 e. The van der Waals surface area contributed by atoms with Crippen molar-refractivity contribution in [2.45, 2.75) is 79.3 Å². The topological polar surface area (TPSA) is 45.6 Å². The van der Waals surface area contributed by atoms with E-state index in [0.717, 1.165) is 29.1 Å². The first kappa shape index (κ1) is 28.0. The van der Waals surface area contributed by atoms with Crippen LogP contribution in [0.3, 0.4) is 0 Å². The van der Waals surface area contributed by atoms with Crippen molar-refractivity contribution in [1.82, 2.24) is 14.4 Å². The van der Waals surface area contributed by atoms with Gasteiger partial charge in [0.1, 0.15) is 0 Å². The van der Waals surface area contributed by atoms with E-state index in [0.29, 0.717) is 38.5 Å². The molecule has 34 heavy (non-hydrogen) atoms. The molecule has 0 saturated heterocycles. The second-order valence-corrected chi connectivity index (χ2v) is 9.87. The van der Waals surface area contributed by atoms with Crippen LogP contribution in [0.1, 0.15) is 77.5 Å². The molecule has 0 saturated carbocycles. The number of likely N-dealkylation sites (N-methyl/N-ethyl adjacent to an activating group) is 1.